The van der Waals surface area contributed by atoms with Crippen molar-refractivity contribution in [3.63, 3.8) is 0 Å². The molecular weight excluding hydrogens is 332 g/mol. The molecule has 122 valence electrons. The number of nitrogens with zero attached hydrogens (tertiary/aromatic N) is 4. The number of hydrogen-bond acceptors (Lipinski definition) is 8. The predicted molar refractivity (Wildman–Crippen MR) is 84.5 cm³/mol. The SMILES string of the molecule is CCOC(=O)c1nnn(-c2nccs2)c1-c1ccc2c(c1)OCO2. The maximum Gasteiger partial charge on any atom is 0.361 e. The number of rotatable bonds is 4. The van der Waals surface area contributed by atoms with E-state index in [0.717, 1.165) is 0 Å². The molecular formula is C15H12N4O4S. The first-order valence-electron chi connectivity index (χ1n) is 7.20. The van der Waals surface area contributed by atoms with E-state index in [1.54, 1.807) is 25.3 Å². The standard InChI is InChI=1S/C15H12N4O4S/c1-2-21-14(20)12-13(19(18-17-12)15-16-5-6-24-15)9-3-4-10-11(7-9)23-8-22-10/h3-7H,2,8H2,1H3. The molecule has 3 heterocycles. The van der Waals surface area contributed by atoms with E-state index in [1.807, 2.05) is 11.4 Å². The van der Waals surface area contributed by atoms with Crippen molar-refractivity contribution in [1.82, 2.24) is 20.0 Å². The van der Waals surface area contributed by atoms with Crippen LogP contribution in [0.5, 0.6) is 11.5 Å². The predicted octanol–water partition coefficient (Wildman–Crippen LogP) is 2.30. The van der Waals surface area contributed by atoms with Crippen molar-refractivity contribution in [2.24, 2.45) is 0 Å². The Morgan fingerprint density at radius 1 is 1.38 bits per heavy atom. The van der Waals surface area contributed by atoms with Gasteiger partial charge in [-0.25, -0.2) is 9.78 Å². The first-order chi connectivity index (χ1) is 11.8. The summed E-state index contributed by atoms with van der Waals surface area (Å²) >= 11 is 1.39. The number of hydrogen-bond donors (Lipinski definition) is 0. The molecule has 9 heteroatoms. The number of carbonyl (C=O) groups excluding carboxylic acids is 1. The summed E-state index contributed by atoms with van der Waals surface area (Å²) in [6, 6.07) is 5.39. The molecule has 24 heavy (non-hydrogen) atoms. The van der Waals surface area contributed by atoms with Crippen LogP contribution in [-0.2, 0) is 4.74 Å². The third-order valence-electron chi connectivity index (χ3n) is 3.39. The van der Waals surface area contributed by atoms with Gasteiger partial charge in [-0.3, -0.25) is 0 Å². The van der Waals surface area contributed by atoms with Gasteiger partial charge in [0.25, 0.3) is 0 Å². The summed E-state index contributed by atoms with van der Waals surface area (Å²) in [5.41, 5.74) is 1.34. The quantitative estimate of drug-likeness (QED) is 0.671. The van der Waals surface area contributed by atoms with Gasteiger partial charge in [-0.05, 0) is 25.1 Å². The highest BCUT2D eigenvalue weighted by atomic mass is 32.1. The molecule has 0 aliphatic carbocycles. The summed E-state index contributed by atoms with van der Waals surface area (Å²) < 4.78 is 17.3. The van der Waals surface area contributed by atoms with E-state index in [9.17, 15) is 4.79 Å². The highest BCUT2D eigenvalue weighted by Gasteiger charge is 2.25. The lowest BCUT2D eigenvalue weighted by atomic mass is 10.1. The second-order valence-electron chi connectivity index (χ2n) is 4.80. The van der Waals surface area contributed by atoms with Gasteiger partial charge < -0.3 is 14.2 Å². The van der Waals surface area contributed by atoms with Crippen molar-refractivity contribution in [3.8, 4) is 27.9 Å². The van der Waals surface area contributed by atoms with Crippen LogP contribution in [0.25, 0.3) is 16.4 Å². The molecule has 8 nitrogen and oxygen atoms in total. The average molecular weight is 344 g/mol. The fourth-order valence-corrected chi connectivity index (χ4v) is 2.97. The molecule has 0 saturated carbocycles. The summed E-state index contributed by atoms with van der Waals surface area (Å²) in [6.45, 7) is 2.17. The highest BCUT2D eigenvalue weighted by Crippen LogP contribution is 2.37. The van der Waals surface area contributed by atoms with Crippen molar-refractivity contribution >= 4 is 17.3 Å². The van der Waals surface area contributed by atoms with Gasteiger partial charge >= 0.3 is 5.97 Å². The van der Waals surface area contributed by atoms with E-state index in [2.05, 4.69) is 15.3 Å². The van der Waals surface area contributed by atoms with Gasteiger partial charge in [-0.2, -0.15) is 4.68 Å². The molecule has 1 aliphatic heterocycles. The molecule has 0 radical (unpaired) electrons. The summed E-state index contributed by atoms with van der Waals surface area (Å²) in [6.07, 6.45) is 1.66. The molecule has 0 atom stereocenters. The molecule has 0 bridgehead atoms. The van der Waals surface area contributed by atoms with E-state index in [4.69, 9.17) is 14.2 Å². The summed E-state index contributed by atoms with van der Waals surface area (Å²) in [5.74, 6) is 0.729. The van der Waals surface area contributed by atoms with Crippen molar-refractivity contribution in [2.75, 3.05) is 13.4 Å². The highest BCUT2D eigenvalue weighted by molar-refractivity contribution is 7.12. The number of ether oxygens (including phenoxy) is 3. The molecule has 0 unspecified atom stereocenters. The van der Waals surface area contributed by atoms with Crippen LogP contribution in [-0.4, -0.2) is 39.3 Å². The van der Waals surface area contributed by atoms with E-state index in [1.165, 1.54) is 16.0 Å². The molecule has 4 rings (SSSR count). The molecule has 0 spiro atoms. The lowest BCUT2D eigenvalue weighted by Gasteiger charge is -2.07. The van der Waals surface area contributed by atoms with Crippen LogP contribution in [0.15, 0.2) is 29.8 Å². The first-order valence-corrected chi connectivity index (χ1v) is 8.08. The number of benzene rings is 1. The molecule has 2 aromatic heterocycles. The van der Waals surface area contributed by atoms with Crippen LogP contribution in [0.1, 0.15) is 17.4 Å². The van der Waals surface area contributed by atoms with Gasteiger partial charge in [0.05, 0.1) is 6.61 Å². The lowest BCUT2D eigenvalue weighted by molar-refractivity contribution is 0.0520. The van der Waals surface area contributed by atoms with Gasteiger partial charge in [0, 0.05) is 17.1 Å². The fraction of sp³-hybridized carbons (Fsp3) is 0.200. The van der Waals surface area contributed by atoms with Crippen LogP contribution < -0.4 is 9.47 Å². The summed E-state index contributed by atoms with van der Waals surface area (Å²) in [4.78, 5) is 16.5. The minimum absolute atomic E-state index is 0.130. The third-order valence-corrected chi connectivity index (χ3v) is 4.13. The number of carbonyl (C=O) groups is 1. The largest absolute Gasteiger partial charge is 0.461 e. The maximum absolute atomic E-state index is 12.2. The van der Waals surface area contributed by atoms with Crippen LogP contribution in [0.2, 0.25) is 0 Å². The monoisotopic (exact) mass is 344 g/mol. The van der Waals surface area contributed by atoms with Crippen LogP contribution in [0, 0.1) is 0 Å². The van der Waals surface area contributed by atoms with Crippen LogP contribution in [0.4, 0.5) is 0 Å². The Morgan fingerprint density at radius 2 is 2.25 bits per heavy atom. The van der Waals surface area contributed by atoms with E-state index >= 15 is 0 Å². The number of thiazole rings is 1. The van der Waals surface area contributed by atoms with Crippen molar-refractivity contribution in [2.45, 2.75) is 6.92 Å². The number of esters is 1. The molecule has 1 aromatic carbocycles. The minimum Gasteiger partial charge on any atom is -0.461 e. The van der Waals surface area contributed by atoms with Gasteiger partial charge in [-0.15, -0.1) is 16.4 Å². The van der Waals surface area contributed by atoms with Crippen molar-refractivity contribution in [1.29, 1.82) is 0 Å². The van der Waals surface area contributed by atoms with Gasteiger partial charge in [0.1, 0.15) is 5.69 Å². The van der Waals surface area contributed by atoms with E-state index < -0.39 is 5.97 Å². The first kappa shape index (κ1) is 14.6. The van der Waals surface area contributed by atoms with E-state index in [-0.39, 0.29) is 19.1 Å². The minimum atomic E-state index is -0.534. The van der Waals surface area contributed by atoms with E-state index in [0.29, 0.717) is 27.9 Å². The Balaban J connectivity index is 1.88. The molecule has 3 aromatic rings. The lowest BCUT2D eigenvalue weighted by Crippen LogP contribution is -2.08. The Morgan fingerprint density at radius 3 is 3.04 bits per heavy atom. The topological polar surface area (TPSA) is 88.4 Å². The summed E-state index contributed by atoms with van der Waals surface area (Å²) in [7, 11) is 0. The van der Waals surface area contributed by atoms with Crippen LogP contribution in [0.3, 0.4) is 0 Å². The summed E-state index contributed by atoms with van der Waals surface area (Å²) in [5, 5.41) is 10.5. The molecule has 0 saturated heterocycles. The Labute approximate surface area is 140 Å². The second kappa shape index (κ2) is 5.93. The fourth-order valence-electron chi connectivity index (χ4n) is 2.38. The Kier molecular flexibility index (Phi) is 3.62. The van der Waals surface area contributed by atoms with Gasteiger partial charge in [0.2, 0.25) is 11.9 Å². The number of aromatic nitrogens is 4. The zero-order chi connectivity index (χ0) is 16.5. The molecule has 0 amide bonds. The molecule has 1 aliphatic rings. The smallest absolute Gasteiger partial charge is 0.361 e. The zero-order valence-electron chi connectivity index (χ0n) is 12.6. The normalized spacial score (nSPS) is 12.4. The van der Waals surface area contributed by atoms with Crippen molar-refractivity contribution < 1.29 is 19.0 Å². The maximum atomic E-state index is 12.2. The van der Waals surface area contributed by atoms with Crippen LogP contribution >= 0.6 is 11.3 Å². The Bertz CT molecular complexity index is 891. The molecule has 0 fully saturated rings. The number of fused-ring (bicyclic) bond motifs is 1. The molecule has 0 N–H and O–H groups in total. The Hall–Kier alpha value is -2.94. The van der Waals surface area contributed by atoms with Gasteiger partial charge in [0.15, 0.2) is 17.2 Å². The van der Waals surface area contributed by atoms with Crippen molar-refractivity contribution in [3.05, 3.63) is 35.5 Å². The third kappa shape index (κ3) is 2.38. The second-order valence-corrected chi connectivity index (χ2v) is 5.67. The van der Waals surface area contributed by atoms with Gasteiger partial charge in [-0.1, -0.05) is 5.21 Å². The average Bonchev–Trinajstić information content (AvgIpc) is 3.32. The zero-order valence-corrected chi connectivity index (χ0v) is 13.4.